The quantitative estimate of drug-likeness (QED) is 0.476. The summed E-state index contributed by atoms with van der Waals surface area (Å²) in [7, 11) is 0. The van der Waals surface area contributed by atoms with Crippen LogP contribution in [-0.2, 0) is 16.2 Å². The summed E-state index contributed by atoms with van der Waals surface area (Å²) in [6.07, 6.45) is 3.20. The average Bonchev–Trinajstić information content (AvgIpc) is 2.38. The molecule has 0 radical (unpaired) electrons. The van der Waals surface area contributed by atoms with Gasteiger partial charge in [-0.05, 0) is 74.5 Å². The van der Waals surface area contributed by atoms with Crippen molar-refractivity contribution >= 4 is 0 Å². The van der Waals surface area contributed by atoms with Gasteiger partial charge in [-0.15, -0.1) is 0 Å². The standard InChI is InChI=1S/C30H54O/c1-25(2,3)18-28(10,11)21-16-23(30(14,15)20-27(7,8)9)24(31)17-22(21)29(12,13)19-26(4,5)6/h16-17,31H,18-20H2,1-15H3. The third kappa shape index (κ3) is 8.14. The van der Waals surface area contributed by atoms with E-state index in [1.807, 2.05) is 0 Å². The van der Waals surface area contributed by atoms with Gasteiger partial charge in [0.15, 0.2) is 0 Å². The number of phenols is 1. The monoisotopic (exact) mass is 430 g/mol. The summed E-state index contributed by atoms with van der Waals surface area (Å²) in [5, 5.41) is 11.3. The Hall–Kier alpha value is -0.980. The highest BCUT2D eigenvalue weighted by Gasteiger charge is 2.38. The van der Waals surface area contributed by atoms with Crippen LogP contribution in [0.25, 0.3) is 0 Å². The van der Waals surface area contributed by atoms with Crippen LogP contribution in [0.5, 0.6) is 5.75 Å². The number of hydrogen-bond acceptors (Lipinski definition) is 1. The highest BCUT2D eigenvalue weighted by molar-refractivity contribution is 5.50. The molecule has 1 nitrogen and oxygen atoms in total. The van der Waals surface area contributed by atoms with Crippen molar-refractivity contribution in [3.8, 4) is 5.75 Å². The first-order valence-electron chi connectivity index (χ1n) is 12.2. The van der Waals surface area contributed by atoms with Gasteiger partial charge in [0.2, 0.25) is 0 Å². The van der Waals surface area contributed by atoms with E-state index in [1.54, 1.807) is 0 Å². The lowest BCUT2D eigenvalue weighted by atomic mass is 9.63. The molecule has 1 aromatic carbocycles. The molecule has 31 heavy (non-hydrogen) atoms. The highest BCUT2D eigenvalue weighted by Crippen LogP contribution is 2.49. The summed E-state index contributed by atoms with van der Waals surface area (Å²) in [6.45, 7) is 34.9. The van der Waals surface area contributed by atoms with Gasteiger partial charge in [-0.1, -0.05) is 110 Å². The van der Waals surface area contributed by atoms with Crippen molar-refractivity contribution in [2.45, 2.75) is 139 Å². The van der Waals surface area contributed by atoms with Gasteiger partial charge in [-0.3, -0.25) is 0 Å². The Labute approximate surface area is 195 Å². The van der Waals surface area contributed by atoms with E-state index < -0.39 is 0 Å². The van der Waals surface area contributed by atoms with Gasteiger partial charge in [0.25, 0.3) is 0 Å². The number of hydrogen-bond donors (Lipinski definition) is 1. The van der Waals surface area contributed by atoms with Gasteiger partial charge >= 0.3 is 0 Å². The zero-order chi connectivity index (χ0) is 24.8. The molecule has 1 aromatic rings. The summed E-state index contributed by atoms with van der Waals surface area (Å²) in [4.78, 5) is 0. The highest BCUT2D eigenvalue weighted by atomic mass is 16.3. The van der Waals surface area contributed by atoms with Crippen molar-refractivity contribution in [1.29, 1.82) is 0 Å². The Morgan fingerprint density at radius 2 is 0.710 bits per heavy atom. The van der Waals surface area contributed by atoms with E-state index in [0.29, 0.717) is 5.75 Å². The van der Waals surface area contributed by atoms with Gasteiger partial charge in [-0.25, -0.2) is 0 Å². The number of benzene rings is 1. The SMILES string of the molecule is CC(C)(C)CC(C)(C)c1cc(C(C)(C)CC(C)(C)C)c(C(C)(C)CC(C)(C)C)cc1O. The molecular weight excluding hydrogens is 376 g/mol. The van der Waals surface area contributed by atoms with Crippen LogP contribution in [0.3, 0.4) is 0 Å². The van der Waals surface area contributed by atoms with Crippen LogP contribution < -0.4 is 0 Å². The molecular formula is C30H54O. The molecule has 0 bridgehead atoms. The second-order valence-electron chi connectivity index (χ2n) is 15.8. The summed E-state index contributed by atoms with van der Waals surface area (Å²) in [6, 6.07) is 4.48. The fourth-order valence-electron chi connectivity index (χ4n) is 6.51. The van der Waals surface area contributed by atoms with E-state index in [4.69, 9.17) is 0 Å². The molecule has 0 unspecified atom stereocenters. The molecule has 180 valence electrons. The molecule has 0 saturated heterocycles. The number of phenolic OH excluding ortho intramolecular Hbond substituents is 1. The third-order valence-corrected chi connectivity index (χ3v) is 6.24. The molecule has 0 heterocycles. The first kappa shape index (κ1) is 28.1. The smallest absolute Gasteiger partial charge is 0.119 e. The lowest BCUT2D eigenvalue weighted by molar-refractivity contribution is 0.260. The summed E-state index contributed by atoms with van der Waals surface area (Å²) in [5.74, 6) is 0.460. The van der Waals surface area contributed by atoms with Crippen LogP contribution in [-0.4, -0.2) is 5.11 Å². The lowest BCUT2D eigenvalue weighted by Gasteiger charge is -2.42. The molecule has 0 aliphatic carbocycles. The Morgan fingerprint density at radius 1 is 0.452 bits per heavy atom. The topological polar surface area (TPSA) is 20.2 Å². The van der Waals surface area contributed by atoms with Crippen molar-refractivity contribution in [3.05, 3.63) is 28.8 Å². The molecule has 0 saturated carbocycles. The largest absolute Gasteiger partial charge is 0.508 e. The number of rotatable bonds is 6. The Balaban J connectivity index is 3.82. The van der Waals surface area contributed by atoms with Crippen LogP contribution in [0.1, 0.15) is 140 Å². The maximum Gasteiger partial charge on any atom is 0.119 e. The number of aromatic hydroxyl groups is 1. The fourth-order valence-corrected chi connectivity index (χ4v) is 6.51. The van der Waals surface area contributed by atoms with Crippen molar-refractivity contribution in [1.82, 2.24) is 0 Å². The minimum atomic E-state index is -0.0956. The first-order valence-corrected chi connectivity index (χ1v) is 12.2. The predicted octanol–water partition coefficient (Wildman–Crippen LogP) is 9.53. The van der Waals surface area contributed by atoms with Crippen LogP contribution >= 0.6 is 0 Å². The molecule has 1 rings (SSSR count). The maximum atomic E-state index is 11.3. The molecule has 0 aromatic heterocycles. The Bertz CT molecular complexity index is 755. The summed E-state index contributed by atoms with van der Waals surface area (Å²) >= 11 is 0. The minimum absolute atomic E-state index is 0.0169. The third-order valence-electron chi connectivity index (χ3n) is 6.24. The molecule has 0 fully saturated rings. The molecule has 0 aliphatic heterocycles. The normalized spacial score (nSPS) is 14.8. The van der Waals surface area contributed by atoms with E-state index in [9.17, 15) is 5.11 Å². The fraction of sp³-hybridized carbons (Fsp3) is 0.800. The minimum Gasteiger partial charge on any atom is -0.508 e. The van der Waals surface area contributed by atoms with E-state index in [2.05, 4.69) is 116 Å². The molecule has 0 spiro atoms. The Morgan fingerprint density at radius 3 is 1.00 bits per heavy atom. The van der Waals surface area contributed by atoms with Gasteiger partial charge < -0.3 is 5.11 Å². The van der Waals surface area contributed by atoms with Crippen molar-refractivity contribution < 1.29 is 5.11 Å². The molecule has 0 amide bonds. The van der Waals surface area contributed by atoms with Crippen LogP contribution in [0.15, 0.2) is 12.1 Å². The zero-order valence-corrected chi connectivity index (χ0v) is 23.7. The predicted molar refractivity (Wildman–Crippen MR) is 139 cm³/mol. The lowest BCUT2D eigenvalue weighted by Crippen LogP contribution is -2.33. The maximum absolute atomic E-state index is 11.3. The van der Waals surface area contributed by atoms with Crippen molar-refractivity contribution in [2.75, 3.05) is 0 Å². The zero-order valence-electron chi connectivity index (χ0n) is 23.7. The van der Waals surface area contributed by atoms with Gasteiger partial charge in [-0.2, -0.15) is 0 Å². The molecule has 1 N–H and O–H groups in total. The van der Waals surface area contributed by atoms with Crippen molar-refractivity contribution in [3.63, 3.8) is 0 Å². The van der Waals surface area contributed by atoms with Crippen molar-refractivity contribution in [2.24, 2.45) is 16.2 Å². The first-order chi connectivity index (χ1) is 13.4. The van der Waals surface area contributed by atoms with Crippen LogP contribution in [0.4, 0.5) is 0 Å². The van der Waals surface area contributed by atoms with E-state index in [1.165, 1.54) is 11.1 Å². The van der Waals surface area contributed by atoms with Gasteiger partial charge in [0, 0.05) is 0 Å². The van der Waals surface area contributed by atoms with Gasteiger partial charge in [0.05, 0.1) is 0 Å². The van der Waals surface area contributed by atoms with E-state index in [-0.39, 0.29) is 32.5 Å². The van der Waals surface area contributed by atoms with Crippen LogP contribution in [0, 0.1) is 16.2 Å². The molecule has 0 aliphatic rings. The molecule has 0 atom stereocenters. The average molecular weight is 431 g/mol. The van der Waals surface area contributed by atoms with E-state index in [0.717, 1.165) is 24.8 Å². The summed E-state index contributed by atoms with van der Waals surface area (Å²) in [5.41, 5.74) is 4.35. The second-order valence-corrected chi connectivity index (χ2v) is 15.8. The Kier molecular flexibility index (Phi) is 7.62. The van der Waals surface area contributed by atoms with Crippen LogP contribution in [0.2, 0.25) is 0 Å². The second kappa shape index (κ2) is 8.42. The van der Waals surface area contributed by atoms with Gasteiger partial charge in [0.1, 0.15) is 5.75 Å². The van der Waals surface area contributed by atoms with E-state index >= 15 is 0 Å². The summed E-state index contributed by atoms with van der Waals surface area (Å²) < 4.78 is 0. The molecule has 1 heteroatoms.